The Hall–Kier alpha value is -3.11. The molecule has 2 aromatic carbocycles. The third kappa shape index (κ3) is 3.89. The first-order valence-corrected chi connectivity index (χ1v) is 10.4. The van der Waals surface area contributed by atoms with Crippen molar-refractivity contribution < 1.29 is 17.6 Å². The summed E-state index contributed by atoms with van der Waals surface area (Å²) in [7, 11) is -3.79. The summed E-state index contributed by atoms with van der Waals surface area (Å²) in [5.74, 6) is -0.771. The molecule has 1 aliphatic heterocycles. The van der Waals surface area contributed by atoms with Crippen molar-refractivity contribution in [2.45, 2.75) is 4.90 Å². The summed E-state index contributed by atoms with van der Waals surface area (Å²) in [6, 6.07) is 11.9. The van der Waals surface area contributed by atoms with Crippen LogP contribution in [-0.4, -0.2) is 64.5 Å². The summed E-state index contributed by atoms with van der Waals surface area (Å²) in [5.41, 5.74) is 1.29. The monoisotopic (exact) mass is 415 g/mol. The van der Waals surface area contributed by atoms with Gasteiger partial charge in [-0.3, -0.25) is 4.79 Å². The largest absolute Gasteiger partial charge is 0.336 e. The van der Waals surface area contributed by atoms with E-state index in [1.54, 1.807) is 40.2 Å². The van der Waals surface area contributed by atoms with Crippen LogP contribution in [0, 0.1) is 5.82 Å². The highest BCUT2D eigenvalue weighted by molar-refractivity contribution is 7.89. The second kappa shape index (κ2) is 7.72. The first kappa shape index (κ1) is 19.2. The zero-order chi connectivity index (χ0) is 20.4. The highest BCUT2D eigenvalue weighted by atomic mass is 32.2. The highest BCUT2D eigenvalue weighted by Gasteiger charge is 2.30. The van der Waals surface area contributed by atoms with Crippen molar-refractivity contribution in [1.29, 1.82) is 0 Å². The summed E-state index contributed by atoms with van der Waals surface area (Å²) in [4.78, 5) is 18.2. The molecule has 8 nitrogen and oxygen atoms in total. The number of halogens is 1. The lowest BCUT2D eigenvalue weighted by molar-refractivity contribution is 0.0698. The summed E-state index contributed by atoms with van der Waals surface area (Å²) in [6.07, 6.45) is 2.99. The fraction of sp³-hybridized carbons (Fsp3) is 0.211. The van der Waals surface area contributed by atoms with E-state index >= 15 is 0 Å². The number of aromatic nitrogens is 3. The first-order valence-electron chi connectivity index (χ1n) is 8.95. The third-order valence-corrected chi connectivity index (χ3v) is 6.65. The van der Waals surface area contributed by atoms with Gasteiger partial charge in [0.1, 0.15) is 18.5 Å². The molecular weight excluding hydrogens is 397 g/mol. The van der Waals surface area contributed by atoms with Gasteiger partial charge in [-0.2, -0.15) is 9.40 Å². The number of piperazine rings is 1. The molecule has 1 aliphatic rings. The standard InChI is InChI=1S/C19H18FN5O3S/c20-16-2-1-3-18(12-16)29(27,28)24-10-8-23(9-11-24)19(26)15-4-6-17(7-5-15)25-14-21-13-22-25/h1-7,12-14H,8-11H2. The van der Waals surface area contributed by atoms with Crippen molar-refractivity contribution in [1.82, 2.24) is 24.0 Å². The van der Waals surface area contributed by atoms with Crippen LogP contribution in [-0.2, 0) is 10.0 Å². The van der Waals surface area contributed by atoms with E-state index in [-0.39, 0.29) is 37.0 Å². The Labute approximate surface area is 167 Å². The average molecular weight is 415 g/mol. The van der Waals surface area contributed by atoms with E-state index in [1.807, 2.05) is 0 Å². The quantitative estimate of drug-likeness (QED) is 0.645. The zero-order valence-corrected chi connectivity index (χ0v) is 16.2. The SMILES string of the molecule is O=C(c1ccc(-n2cncn2)cc1)N1CCN(S(=O)(=O)c2cccc(F)c2)CC1. The van der Waals surface area contributed by atoms with Gasteiger partial charge >= 0.3 is 0 Å². The molecule has 1 aromatic heterocycles. The fourth-order valence-corrected chi connectivity index (χ4v) is 4.64. The Balaban J connectivity index is 1.42. The van der Waals surface area contributed by atoms with Gasteiger partial charge in [0, 0.05) is 31.7 Å². The Bertz CT molecular complexity index is 1110. The summed E-state index contributed by atoms with van der Waals surface area (Å²) in [5, 5.41) is 4.04. The minimum Gasteiger partial charge on any atom is -0.336 e. The number of hydrogen-bond donors (Lipinski definition) is 0. The molecule has 1 fully saturated rings. The molecule has 1 amide bonds. The lowest BCUT2D eigenvalue weighted by atomic mass is 10.1. The topological polar surface area (TPSA) is 88.4 Å². The average Bonchev–Trinajstić information content (AvgIpc) is 3.28. The van der Waals surface area contributed by atoms with E-state index in [2.05, 4.69) is 10.1 Å². The molecule has 3 aromatic rings. The number of carbonyl (C=O) groups is 1. The number of amides is 1. The van der Waals surface area contributed by atoms with Crippen LogP contribution in [0.1, 0.15) is 10.4 Å². The van der Waals surface area contributed by atoms with Crippen LogP contribution >= 0.6 is 0 Å². The molecule has 0 N–H and O–H groups in total. The molecule has 1 saturated heterocycles. The molecule has 0 saturated carbocycles. The van der Waals surface area contributed by atoms with Crippen LogP contribution in [0.2, 0.25) is 0 Å². The Morgan fingerprint density at radius 1 is 1.00 bits per heavy atom. The van der Waals surface area contributed by atoms with Gasteiger partial charge in [-0.05, 0) is 42.5 Å². The Morgan fingerprint density at radius 2 is 1.72 bits per heavy atom. The van der Waals surface area contributed by atoms with Gasteiger partial charge in [0.2, 0.25) is 10.0 Å². The van der Waals surface area contributed by atoms with Gasteiger partial charge in [0.05, 0.1) is 10.6 Å². The molecule has 29 heavy (non-hydrogen) atoms. The predicted molar refractivity (Wildman–Crippen MR) is 102 cm³/mol. The van der Waals surface area contributed by atoms with Gasteiger partial charge in [0.15, 0.2) is 0 Å². The van der Waals surface area contributed by atoms with Crippen molar-refractivity contribution in [2.75, 3.05) is 26.2 Å². The molecule has 0 unspecified atom stereocenters. The van der Waals surface area contributed by atoms with Crippen LogP contribution < -0.4 is 0 Å². The van der Waals surface area contributed by atoms with Crippen LogP contribution in [0.4, 0.5) is 4.39 Å². The molecule has 4 rings (SSSR count). The van der Waals surface area contributed by atoms with E-state index in [9.17, 15) is 17.6 Å². The fourth-order valence-electron chi connectivity index (χ4n) is 3.19. The molecule has 150 valence electrons. The zero-order valence-electron chi connectivity index (χ0n) is 15.3. The van der Waals surface area contributed by atoms with Crippen LogP contribution in [0.3, 0.4) is 0 Å². The molecule has 0 radical (unpaired) electrons. The molecule has 0 atom stereocenters. The number of hydrogen-bond acceptors (Lipinski definition) is 5. The van der Waals surface area contributed by atoms with Crippen molar-refractivity contribution in [2.24, 2.45) is 0 Å². The maximum atomic E-state index is 13.4. The maximum absolute atomic E-state index is 13.4. The van der Waals surface area contributed by atoms with E-state index in [0.29, 0.717) is 5.56 Å². The number of benzene rings is 2. The molecule has 10 heteroatoms. The summed E-state index contributed by atoms with van der Waals surface area (Å²) >= 11 is 0. The van der Waals surface area contributed by atoms with Crippen molar-refractivity contribution >= 4 is 15.9 Å². The van der Waals surface area contributed by atoms with Crippen molar-refractivity contribution in [3.63, 3.8) is 0 Å². The Kier molecular flexibility index (Phi) is 5.12. The first-order chi connectivity index (χ1) is 13.9. The summed E-state index contributed by atoms with van der Waals surface area (Å²) < 4.78 is 41.6. The molecular formula is C19H18FN5O3S. The van der Waals surface area contributed by atoms with Gasteiger partial charge in [-0.1, -0.05) is 6.07 Å². The molecule has 0 aliphatic carbocycles. The number of sulfonamides is 1. The number of rotatable bonds is 4. The number of nitrogens with zero attached hydrogens (tertiary/aromatic N) is 5. The molecule has 0 spiro atoms. The number of carbonyl (C=O) groups excluding carboxylic acids is 1. The van der Waals surface area contributed by atoms with Gasteiger partial charge in [0.25, 0.3) is 5.91 Å². The van der Waals surface area contributed by atoms with E-state index in [4.69, 9.17) is 0 Å². The Morgan fingerprint density at radius 3 is 2.34 bits per heavy atom. The normalized spacial score (nSPS) is 15.4. The smallest absolute Gasteiger partial charge is 0.253 e. The van der Waals surface area contributed by atoms with Gasteiger partial charge < -0.3 is 4.90 Å². The van der Waals surface area contributed by atoms with Crippen LogP contribution in [0.25, 0.3) is 5.69 Å². The molecule has 0 bridgehead atoms. The minimum absolute atomic E-state index is 0.0824. The van der Waals surface area contributed by atoms with Crippen molar-refractivity contribution in [3.8, 4) is 5.69 Å². The summed E-state index contributed by atoms with van der Waals surface area (Å²) in [6.45, 7) is 0.833. The van der Waals surface area contributed by atoms with E-state index < -0.39 is 15.8 Å². The second-order valence-corrected chi connectivity index (χ2v) is 8.48. The highest BCUT2D eigenvalue weighted by Crippen LogP contribution is 2.19. The lowest BCUT2D eigenvalue weighted by Gasteiger charge is -2.34. The third-order valence-electron chi connectivity index (χ3n) is 4.76. The van der Waals surface area contributed by atoms with Crippen LogP contribution in [0.5, 0.6) is 0 Å². The maximum Gasteiger partial charge on any atom is 0.253 e. The predicted octanol–water partition coefficient (Wildman–Crippen LogP) is 1.55. The molecule has 2 heterocycles. The van der Waals surface area contributed by atoms with Gasteiger partial charge in [-0.15, -0.1) is 0 Å². The van der Waals surface area contributed by atoms with E-state index in [0.717, 1.165) is 11.8 Å². The van der Waals surface area contributed by atoms with E-state index in [1.165, 1.54) is 28.8 Å². The second-order valence-electron chi connectivity index (χ2n) is 6.54. The van der Waals surface area contributed by atoms with Crippen LogP contribution in [0.15, 0.2) is 66.1 Å². The van der Waals surface area contributed by atoms with Gasteiger partial charge in [-0.25, -0.2) is 22.5 Å². The minimum atomic E-state index is -3.79. The lowest BCUT2D eigenvalue weighted by Crippen LogP contribution is -2.50. The van der Waals surface area contributed by atoms with Crippen molar-refractivity contribution in [3.05, 3.63) is 72.6 Å².